The fraction of sp³-hybridized carbons (Fsp3) is 0.211. The zero-order chi connectivity index (χ0) is 18.5. The molecule has 26 heavy (non-hydrogen) atoms. The molecule has 1 aromatic heterocycles. The summed E-state index contributed by atoms with van der Waals surface area (Å²) in [5.74, 6) is -0.647. The summed E-state index contributed by atoms with van der Waals surface area (Å²) in [5.41, 5.74) is 2.25. The van der Waals surface area contributed by atoms with Gasteiger partial charge in [-0.15, -0.1) is 11.3 Å². The van der Waals surface area contributed by atoms with Crippen molar-refractivity contribution in [3.8, 4) is 6.07 Å². The van der Waals surface area contributed by atoms with Crippen LogP contribution >= 0.6 is 11.3 Å². The van der Waals surface area contributed by atoms with Gasteiger partial charge in [0.15, 0.2) is 0 Å². The fourth-order valence-electron chi connectivity index (χ4n) is 2.81. The molecule has 2 heterocycles. The number of rotatable bonds is 4. The van der Waals surface area contributed by atoms with Crippen LogP contribution in [0.1, 0.15) is 21.6 Å². The number of nitrogens with one attached hydrogen (secondary N) is 1. The van der Waals surface area contributed by atoms with Crippen LogP contribution in [0.25, 0.3) is 6.08 Å². The minimum atomic E-state index is -0.528. The molecule has 1 aromatic carbocycles. The van der Waals surface area contributed by atoms with Crippen LogP contribution in [0, 0.1) is 11.3 Å². The van der Waals surface area contributed by atoms with Crippen LogP contribution in [0.4, 0.5) is 5.00 Å². The number of benzene rings is 1. The van der Waals surface area contributed by atoms with Crippen LogP contribution in [0.2, 0.25) is 0 Å². The van der Waals surface area contributed by atoms with Gasteiger partial charge in [0.05, 0.1) is 12.1 Å². The third-order valence-electron chi connectivity index (χ3n) is 4.12. The maximum Gasteiger partial charge on any atom is 0.249 e. The molecule has 0 atom stereocenters. The van der Waals surface area contributed by atoms with Crippen molar-refractivity contribution in [3.05, 3.63) is 58.0 Å². The standard InChI is InChI=1S/C19H17N3O3S/c20-10-15-14-8-9-22(18(25)12-23)11-16(14)26-19(15)21-17(24)7-6-13-4-2-1-3-5-13/h1-7,23H,8-9,11-12H2,(H,21,24)/b7-6+. The molecule has 2 N–H and O–H groups in total. The lowest BCUT2D eigenvalue weighted by atomic mass is 10.0. The van der Waals surface area contributed by atoms with Crippen molar-refractivity contribution in [2.45, 2.75) is 13.0 Å². The smallest absolute Gasteiger partial charge is 0.249 e. The van der Waals surface area contributed by atoms with Gasteiger partial charge < -0.3 is 15.3 Å². The van der Waals surface area contributed by atoms with E-state index in [-0.39, 0.29) is 11.8 Å². The van der Waals surface area contributed by atoms with E-state index in [1.165, 1.54) is 17.4 Å². The van der Waals surface area contributed by atoms with Gasteiger partial charge in [-0.3, -0.25) is 9.59 Å². The van der Waals surface area contributed by atoms with Crippen molar-refractivity contribution in [3.63, 3.8) is 0 Å². The van der Waals surface area contributed by atoms with E-state index >= 15 is 0 Å². The van der Waals surface area contributed by atoms with E-state index in [0.717, 1.165) is 16.0 Å². The highest BCUT2D eigenvalue weighted by Gasteiger charge is 2.26. The molecule has 0 fully saturated rings. The lowest BCUT2D eigenvalue weighted by Crippen LogP contribution is -2.37. The molecule has 3 rings (SSSR count). The van der Waals surface area contributed by atoms with Gasteiger partial charge >= 0.3 is 0 Å². The molecule has 1 aliphatic heterocycles. The van der Waals surface area contributed by atoms with Gasteiger partial charge in [0, 0.05) is 17.5 Å². The quantitative estimate of drug-likeness (QED) is 0.810. The van der Waals surface area contributed by atoms with Crippen LogP contribution in [-0.2, 0) is 22.6 Å². The average molecular weight is 367 g/mol. The number of nitriles is 1. The second-order valence-corrected chi connectivity index (χ2v) is 6.88. The highest BCUT2D eigenvalue weighted by Crippen LogP contribution is 2.36. The molecule has 1 aliphatic rings. The van der Waals surface area contributed by atoms with Gasteiger partial charge in [0.25, 0.3) is 0 Å². The first-order chi connectivity index (χ1) is 12.6. The predicted octanol–water partition coefficient (Wildman–Crippen LogP) is 2.15. The number of fused-ring (bicyclic) bond motifs is 1. The molecule has 6 nitrogen and oxygen atoms in total. The third kappa shape index (κ3) is 3.82. The second kappa shape index (κ2) is 7.95. The van der Waals surface area contributed by atoms with Gasteiger partial charge in [-0.2, -0.15) is 5.26 Å². The third-order valence-corrected chi connectivity index (χ3v) is 5.25. The predicted molar refractivity (Wildman–Crippen MR) is 99.3 cm³/mol. The Labute approximate surface area is 155 Å². The first-order valence-electron chi connectivity index (χ1n) is 8.09. The second-order valence-electron chi connectivity index (χ2n) is 5.78. The van der Waals surface area contributed by atoms with Crippen molar-refractivity contribution in [2.75, 3.05) is 18.5 Å². The van der Waals surface area contributed by atoms with E-state index in [2.05, 4.69) is 11.4 Å². The van der Waals surface area contributed by atoms with Crippen molar-refractivity contribution in [1.29, 1.82) is 5.26 Å². The minimum absolute atomic E-state index is 0.313. The van der Waals surface area contributed by atoms with Crippen molar-refractivity contribution in [2.24, 2.45) is 0 Å². The summed E-state index contributed by atoms with van der Waals surface area (Å²) in [5, 5.41) is 21.7. The van der Waals surface area contributed by atoms with E-state index in [1.54, 1.807) is 11.0 Å². The molecule has 0 saturated carbocycles. The zero-order valence-electron chi connectivity index (χ0n) is 13.9. The number of amides is 2. The van der Waals surface area contributed by atoms with Crippen LogP contribution in [0.15, 0.2) is 36.4 Å². The maximum atomic E-state index is 12.2. The maximum absolute atomic E-state index is 12.2. The number of aliphatic hydroxyl groups excluding tert-OH is 1. The Morgan fingerprint density at radius 1 is 1.35 bits per heavy atom. The van der Waals surface area contributed by atoms with Gasteiger partial charge in [-0.1, -0.05) is 30.3 Å². The number of carbonyl (C=O) groups is 2. The van der Waals surface area contributed by atoms with Gasteiger partial charge in [0.2, 0.25) is 11.8 Å². The number of carbonyl (C=O) groups excluding carboxylic acids is 2. The SMILES string of the molecule is N#Cc1c(NC(=O)/C=C/c2ccccc2)sc2c1CCN(C(=O)CO)C2. The molecular formula is C19H17N3O3S. The average Bonchev–Trinajstić information content (AvgIpc) is 3.02. The normalized spacial score (nSPS) is 13.3. The molecule has 7 heteroatoms. The van der Waals surface area contributed by atoms with E-state index in [4.69, 9.17) is 5.11 Å². The van der Waals surface area contributed by atoms with Crippen LogP contribution in [-0.4, -0.2) is 35.0 Å². The molecule has 2 aromatic rings. The number of hydrogen-bond donors (Lipinski definition) is 2. The van der Waals surface area contributed by atoms with E-state index < -0.39 is 6.61 Å². The number of nitrogens with zero attached hydrogens (tertiary/aromatic N) is 2. The Morgan fingerprint density at radius 2 is 2.12 bits per heavy atom. The molecule has 0 saturated heterocycles. The fourth-order valence-corrected chi connectivity index (χ4v) is 4.03. The number of thiophene rings is 1. The summed E-state index contributed by atoms with van der Waals surface area (Å²) < 4.78 is 0. The molecular weight excluding hydrogens is 350 g/mol. The van der Waals surface area contributed by atoms with E-state index in [0.29, 0.717) is 30.1 Å². The highest BCUT2D eigenvalue weighted by molar-refractivity contribution is 7.16. The summed E-state index contributed by atoms with van der Waals surface area (Å²) >= 11 is 1.30. The monoisotopic (exact) mass is 367 g/mol. The summed E-state index contributed by atoms with van der Waals surface area (Å²) in [6, 6.07) is 11.6. The molecule has 2 amide bonds. The van der Waals surface area contributed by atoms with Gasteiger partial charge in [-0.25, -0.2) is 0 Å². The van der Waals surface area contributed by atoms with Crippen LogP contribution < -0.4 is 5.32 Å². The number of anilines is 1. The van der Waals surface area contributed by atoms with Crippen molar-refractivity contribution < 1.29 is 14.7 Å². The van der Waals surface area contributed by atoms with Crippen molar-refractivity contribution >= 4 is 34.2 Å². The largest absolute Gasteiger partial charge is 0.387 e. The number of hydrogen-bond acceptors (Lipinski definition) is 5. The highest BCUT2D eigenvalue weighted by atomic mass is 32.1. The van der Waals surface area contributed by atoms with Crippen molar-refractivity contribution in [1.82, 2.24) is 4.90 Å². The molecule has 0 unspecified atom stereocenters. The summed E-state index contributed by atoms with van der Waals surface area (Å²) in [4.78, 5) is 26.3. The Balaban J connectivity index is 1.76. The molecule has 0 bridgehead atoms. The molecule has 0 radical (unpaired) electrons. The Bertz CT molecular complexity index is 897. The Hall–Kier alpha value is -2.95. The lowest BCUT2D eigenvalue weighted by Gasteiger charge is -2.26. The molecule has 0 aliphatic carbocycles. The molecule has 0 spiro atoms. The van der Waals surface area contributed by atoms with Gasteiger partial charge in [0.1, 0.15) is 17.7 Å². The number of aliphatic hydroxyl groups is 1. The minimum Gasteiger partial charge on any atom is -0.387 e. The van der Waals surface area contributed by atoms with Gasteiger partial charge in [-0.05, 0) is 23.6 Å². The summed E-state index contributed by atoms with van der Waals surface area (Å²) in [6.07, 6.45) is 3.67. The summed E-state index contributed by atoms with van der Waals surface area (Å²) in [6.45, 7) is 0.280. The van der Waals surface area contributed by atoms with Crippen LogP contribution in [0.5, 0.6) is 0 Å². The zero-order valence-corrected chi connectivity index (χ0v) is 14.8. The van der Waals surface area contributed by atoms with Crippen LogP contribution in [0.3, 0.4) is 0 Å². The lowest BCUT2D eigenvalue weighted by molar-refractivity contribution is -0.135. The Morgan fingerprint density at radius 3 is 2.81 bits per heavy atom. The molecule has 132 valence electrons. The van der Waals surface area contributed by atoms with E-state index in [1.807, 2.05) is 30.3 Å². The topological polar surface area (TPSA) is 93.4 Å². The Kier molecular flexibility index (Phi) is 5.46. The van der Waals surface area contributed by atoms with E-state index in [9.17, 15) is 14.9 Å². The first-order valence-corrected chi connectivity index (χ1v) is 8.91. The first kappa shape index (κ1) is 17.9. The summed E-state index contributed by atoms with van der Waals surface area (Å²) in [7, 11) is 0.